The first-order chi connectivity index (χ1) is 14.2. The van der Waals surface area contributed by atoms with Crippen LogP contribution in [0, 0.1) is 0 Å². The van der Waals surface area contributed by atoms with E-state index in [-0.39, 0.29) is 5.91 Å². The number of piperidine rings is 1. The van der Waals surface area contributed by atoms with Crippen LogP contribution in [-0.2, 0) is 17.6 Å². The van der Waals surface area contributed by atoms with Gasteiger partial charge in [0.2, 0.25) is 5.91 Å². The zero-order valence-corrected chi connectivity index (χ0v) is 17.6. The summed E-state index contributed by atoms with van der Waals surface area (Å²) in [6, 6.07) is 12.4. The Morgan fingerprint density at radius 2 is 1.97 bits per heavy atom. The van der Waals surface area contributed by atoms with Gasteiger partial charge in [-0.25, -0.2) is 0 Å². The lowest BCUT2D eigenvalue weighted by molar-refractivity contribution is -0.135. The van der Waals surface area contributed by atoms with E-state index < -0.39 is 0 Å². The number of likely N-dealkylation sites (tertiary alicyclic amines) is 1. The molecule has 0 bridgehead atoms. The van der Waals surface area contributed by atoms with Gasteiger partial charge in [0, 0.05) is 30.9 Å². The molecule has 0 N–H and O–H groups in total. The quantitative estimate of drug-likeness (QED) is 0.629. The number of amides is 1. The van der Waals surface area contributed by atoms with Gasteiger partial charge >= 0.3 is 0 Å². The van der Waals surface area contributed by atoms with Crippen LogP contribution >= 0.6 is 0 Å². The standard InChI is InChI=1S/C24H32N2O3/c1-28-22-15-13-19(18-23(22)29-2)12-14-21-10-4-6-17-26(21)24(27)11-7-9-20-8-3-5-16-25-20/h3,5,8,13,15-16,18,21H,4,6-7,9-12,14,17H2,1-2H3. The molecule has 5 nitrogen and oxygen atoms in total. The first kappa shape index (κ1) is 21.2. The Kier molecular flexibility index (Phi) is 7.91. The third-order valence-corrected chi connectivity index (χ3v) is 5.71. The summed E-state index contributed by atoms with van der Waals surface area (Å²) in [6.45, 7) is 0.888. The van der Waals surface area contributed by atoms with Crippen molar-refractivity contribution in [1.29, 1.82) is 0 Å². The van der Waals surface area contributed by atoms with Crippen molar-refractivity contribution in [2.45, 2.75) is 57.4 Å². The maximum Gasteiger partial charge on any atom is 0.222 e. The monoisotopic (exact) mass is 396 g/mol. The molecule has 0 aliphatic carbocycles. The van der Waals surface area contributed by atoms with Crippen LogP contribution in [-0.4, -0.2) is 42.6 Å². The van der Waals surface area contributed by atoms with Crippen molar-refractivity contribution in [3.05, 3.63) is 53.9 Å². The molecule has 0 saturated carbocycles. The van der Waals surface area contributed by atoms with Crippen LogP contribution in [0.5, 0.6) is 11.5 Å². The van der Waals surface area contributed by atoms with Crippen LogP contribution in [0.2, 0.25) is 0 Å². The Bertz CT molecular complexity index is 779. The molecular weight excluding hydrogens is 364 g/mol. The van der Waals surface area contributed by atoms with Crippen LogP contribution < -0.4 is 9.47 Å². The zero-order chi connectivity index (χ0) is 20.5. The van der Waals surface area contributed by atoms with Gasteiger partial charge in [-0.2, -0.15) is 0 Å². The summed E-state index contributed by atoms with van der Waals surface area (Å²) in [7, 11) is 3.31. The molecule has 0 radical (unpaired) electrons. The molecule has 1 aliphatic heterocycles. The van der Waals surface area contributed by atoms with Crippen molar-refractivity contribution in [3.8, 4) is 11.5 Å². The summed E-state index contributed by atoms with van der Waals surface area (Å²) in [6.07, 6.45) is 9.46. The minimum atomic E-state index is 0.290. The normalized spacial score (nSPS) is 16.5. The molecular formula is C24H32N2O3. The van der Waals surface area contributed by atoms with Crippen molar-refractivity contribution in [1.82, 2.24) is 9.88 Å². The summed E-state index contributed by atoms with van der Waals surface area (Å²) in [5, 5.41) is 0. The number of benzene rings is 1. The fourth-order valence-corrected chi connectivity index (χ4v) is 4.11. The second-order valence-electron chi connectivity index (χ2n) is 7.64. The highest BCUT2D eigenvalue weighted by atomic mass is 16.5. The van der Waals surface area contributed by atoms with Gasteiger partial charge in [0.1, 0.15) is 0 Å². The summed E-state index contributed by atoms with van der Waals surface area (Å²) in [5.74, 6) is 1.80. The number of hydrogen-bond acceptors (Lipinski definition) is 4. The molecule has 2 aromatic rings. The average molecular weight is 397 g/mol. The number of pyridine rings is 1. The van der Waals surface area contributed by atoms with E-state index in [1.165, 1.54) is 12.0 Å². The largest absolute Gasteiger partial charge is 0.493 e. The molecule has 0 spiro atoms. The number of carbonyl (C=O) groups is 1. The molecule has 1 aromatic carbocycles. The SMILES string of the molecule is COc1ccc(CCC2CCCCN2C(=O)CCCc2ccccn2)cc1OC. The third kappa shape index (κ3) is 5.96. The van der Waals surface area contributed by atoms with E-state index in [0.29, 0.717) is 12.5 Å². The Morgan fingerprint density at radius 3 is 2.72 bits per heavy atom. The number of carbonyl (C=O) groups excluding carboxylic acids is 1. The highest BCUT2D eigenvalue weighted by Crippen LogP contribution is 2.29. The Labute approximate surface area is 174 Å². The molecule has 1 amide bonds. The minimum absolute atomic E-state index is 0.290. The fourth-order valence-electron chi connectivity index (χ4n) is 4.11. The van der Waals surface area contributed by atoms with Crippen LogP contribution in [0.1, 0.15) is 49.8 Å². The van der Waals surface area contributed by atoms with Crippen molar-refractivity contribution < 1.29 is 14.3 Å². The summed E-state index contributed by atoms with van der Waals surface area (Å²) >= 11 is 0. The average Bonchev–Trinajstić information content (AvgIpc) is 2.78. The van der Waals surface area contributed by atoms with Gasteiger partial charge in [-0.05, 0) is 74.8 Å². The molecule has 1 atom stereocenters. The number of nitrogens with zero attached hydrogens (tertiary/aromatic N) is 2. The van der Waals surface area contributed by atoms with Crippen LogP contribution in [0.15, 0.2) is 42.6 Å². The van der Waals surface area contributed by atoms with Gasteiger partial charge < -0.3 is 14.4 Å². The lowest BCUT2D eigenvalue weighted by Crippen LogP contribution is -2.43. The van der Waals surface area contributed by atoms with Crippen LogP contribution in [0.3, 0.4) is 0 Å². The van der Waals surface area contributed by atoms with Crippen LogP contribution in [0.25, 0.3) is 0 Å². The zero-order valence-electron chi connectivity index (χ0n) is 17.6. The number of ether oxygens (including phenoxy) is 2. The first-order valence-electron chi connectivity index (χ1n) is 10.6. The van der Waals surface area contributed by atoms with E-state index in [0.717, 1.165) is 62.3 Å². The second kappa shape index (κ2) is 10.8. The summed E-state index contributed by atoms with van der Waals surface area (Å²) in [5.41, 5.74) is 2.28. The molecule has 1 fully saturated rings. The van der Waals surface area contributed by atoms with E-state index in [2.05, 4.69) is 16.0 Å². The van der Waals surface area contributed by atoms with E-state index in [1.54, 1.807) is 14.2 Å². The number of methoxy groups -OCH3 is 2. The highest BCUT2D eigenvalue weighted by molar-refractivity contribution is 5.76. The molecule has 1 saturated heterocycles. The maximum atomic E-state index is 12.9. The molecule has 29 heavy (non-hydrogen) atoms. The maximum absolute atomic E-state index is 12.9. The molecule has 2 heterocycles. The van der Waals surface area contributed by atoms with Gasteiger partial charge in [-0.15, -0.1) is 0 Å². The topological polar surface area (TPSA) is 51.7 Å². The van der Waals surface area contributed by atoms with E-state index >= 15 is 0 Å². The van der Waals surface area contributed by atoms with Gasteiger partial charge in [-0.1, -0.05) is 12.1 Å². The summed E-state index contributed by atoms with van der Waals surface area (Å²) < 4.78 is 10.7. The number of rotatable bonds is 9. The van der Waals surface area contributed by atoms with E-state index in [4.69, 9.17) is 9.47 Å². The molecule has 156 valence electrons. The second-order valence-corrected chi connectivity index (χ2v) is 7.64. The van der Waals surface area contributed by atoms with Crippen molar-refractivity contribution in [3.63, 3.8) is 0 Å². The van der Waals surface area contributed by atoms with Crippen molar-refractivity contribution in [2.24, 2.45) is 0 Å². The lowest BCUT2D eigenvalue weighted by atomic mass is 9.95. The minimum Gasteiger partial charge on any atom is -0.493 e. The van der Waals surface area contributed by atoms with Gasteiger partial charge in [0.05, 0.1) is 14.2 Å². The Hall–Kier alpha value is -2.56. The molecule has 1 aromatic heterocycles. The predicted octanol–water partition coefficient (Wildman–Crippen LogP) is 4.44. The Balaban J connectivity index is 1.53. The number of aryl methyl sites for hydroxylation is 2. The first-order valence-corrected chi connectivity index (χ1v) is 10.6. The molecule has 1 aliphatic rings. The predicted molar refractivity (Wildman–Crippen MR) is 114 cm³/mol. The lowest BCUT2D eigenvalue weighted by Gasteiger charge is -2.36. The molecule has 3 rings (SSSR count). The third-order valence-electron chi connectivity index (χ3n) is 5.71. The van der Waals surface area contributed by atoms with Gasteiger partial charge in [0.25, 0.3) is 0 Å². The molecule has 1 unspecified atom stereocenters. The molecule has 5 heteroatoms. The van der Waals surface area contributed by atoms with Crippen molar-refractivity contribution >= 4 is 5.91 Å². The van der Waals surface area contributed by atoms with Gasteiger partial charge in [0.15, 0.2) is 11.5 Å². The smallest absolute Gasteiger partial charge is 0.222 e. The Morgan fingerprint density at radius 1 is 1.10 bits per heavy atom. The van der Waals surface area contributed by atoms with Crippen LogP contribution in [0.4, 0.5) is 0 Å². The highest BCUT2D eigenvalue weighted by Gasteiger charge is 2.26. The fraction of sp³-hybridized carbons (Fsp3) is 0.500. The van der Waals surface area contributed by atoms with Gasteiger partial charge in [-0.3, -0.25) is 9.78 Å². The number of hydrogen-bond donors (Lipinski definition) is 0. The van der Waals surface area contributed by atoms with E-state index in [9.17, 15) is 4.79 Å². The van der Waals surface area contributed by atoms with E-state index in [1.807, 2.05) is 36.5 Å². The van der Waals surface area contributed by atoms with Crippen molar-refractivity contribution in [2.75, 3.05) is 20.8 Å². The summed E-state index contributed by atoms with van der Waals surface area (Å²) in [4.78, 5) is 19.3. The number of aromatic nitrogens is 1.